The van der Waals surface area contributed by atoms with E-state index in [4.69, 9.17) is 4.74 Å². The summed E-state index contributed by atoms with van der Waals surface area (Å²) in [5, 5.41) is 5.58. The average Bonchev–Trinajstić information content (AvgIpc) is 2.68. The summed E-state index contributed by atoms with van der Waals surface area (Å²) < 4.78 is 18.9. The van der Waals surface area contributed by atoms with E-state index in [1.54, 1.807) is 25.3 Å². The molecule has 6 nitrogen and oxygen atoms in total. The molecule has 0 unspecified atom stereocenters. The molecule has 0 aliphatic rings. The highest BCUT2D eigenvalue weighted by atomic mass is 19.1. The van der Waals surface area contributed by atoms with Crippen molar-refractivity contribution in [3.8, 4) is 5.75 Å². The van der Waals surface area contributed by atoms with Crippen LogP contribution in [0.3, 0.4) is 0 Å². The van der Waals surface area contributed by atoms with E-state index in [1.807, 2.05) is 24.3 Å². The lowest BCUT2D eigenvalue weighted by molar-refractivity contribution is 0.0945. The standard InChI is InChI=1S/C19H17FN4O2/c1-26-17-9-5-2-6-13(17)10-23-19(25)16-11-22-18(12-21-16)24-15-8-4-3-7-14(15)20/h2-9,11-12H,10H2,1H3,(H,22,24)(H,23,25). The molecule has 0 spiro atoms. The second-order valence-corrected chi connectivity index (χ2v) is 5.39. The zero-order valence-corrected chi connectivity index (χ0v) is 14.1. The molecule has 26 heavy (non-hydrogen) atoms. The van der Waals surface area contributed by atoms with Crippen LogP contribution in [0.5, 0.6) is 5.75 Å². The Balaban J connectivity index is 1.63. The van der Waals surface area contributed by atoms with Gasteiger partial charge in [0.1, 0.15) is 23.1 Å². The Kier molecular flexibility index (Phi) is 5.38. The fourth-order valence-corrected chi connectivity index (χ4v) is 2.33. The number of hydrogen-bond acceptors (Lipinski definition) is 5. The molecule has 0 aliphatic carbocycles. The summed E-state index contributed by atoms with van der Waals surface area (Å²) in [7, 11) is 1.58. The zero-order valence-electron chi connectivity index (χ0n) is 14.1. The van der Waals surface area contributed by atoms with Gasteiger partial charge in [-0.25, -0.2) is 14.4 Å². The average molecular weight is 352 g/mol. The molecule has 2 N–H and O–H groups in total. The van der Waals surface area contributed by atoms with E-state index in [1.165, 1.54) is 18.5 Å². The number of benzene rings is 2. The lowest BCUT2D eigenvalue weighted by atomic mass is 10.2. The van der Waals surface area contributed by atoms with Gasteiger partial charge in [0.25, 0.3) is 5.91 Å². The molecular formula is C19H17FN4O2. The van der Waals surface area contributed by atoms with Crippen LogP contribution in [0.4, 0.5) is 15.9 Å². The van der Waals surface area contributed by atoms with Crippen LogP contribution in [0.2, 0.25) is 0 Å². The van der Waals surface area contributed by atoms with Gasteiger partial charge in [-0.1, -0.05) is 30.3 Å². The number of para-hydroxylation sites is 2. The van der Waals surface area contributed by atoms with Gasteiger partial charge in [0.05, 0.1) is 25.2 Å². The largest absolute Gasteiger partial charge is 0.496 e. The number of carbonyl (C=O) groups is 1. The maximum atomic E-state index is 13.6. The maximum absolute atomic E-state index is 13.6. The number of anilines is 2. The lowest BCUT2D eigenvalue weighted by Gasteiger charge is -2.09. The summed E-state index contributed by atoms with van der Waals surface area (Å²) in [5.41, 5.74) is 1.31. The van der Waals surface area contributed by atoms with Crippen molar-refractivity contribution in [2.45, 2.75) is 6.54 Å². The van der Waals surface area contributed by atoms with Crippen molar-refractivity contribution in [3.05, 3.63) is 78.0 Å². The number of ether oxygens (including phenoxy) is 1. The molecule has 0 saturated carbocycles. The molecule has 3 aromatic rings. The van der Waals surface area contributed by atoms with E-state index < -0.39 is 5.82 Å². The molecule has 0 bridgehead atoms. The Morgan fingerprint density at radius 3 is 2.58 bits per heavy atom. The Labute approximate surface area is 150 Å². The Hall–Kier alpha value is -3.48. The van der Waals surface area contributed by atoms with Crippen LogP contribution >= 0.6 is 0 Å². The number of nitrogens with zero attached hydrogens (tertiary/aromatic N) is 2. The summed E-state index contributed by atoms with van der Waals surface area (Å²) in [6.45, 7) is 0.305. The third-order valence-electron chi connectivity index (χ3n) is 3.65. The van der Waals surface area contributed by atoms with Crippen molar-refractivity contribution in [2.75, 3.05) is 12.4 Å². The van der Waals surface area contributed by atoms with E-state index >= 15 is 0 Å². The highest BCUT2D eigenvalue weighted by Crippen LogP contribution is 2.18. The van der Waals surface area contributed by atoms with Crippen LogP contribution in [-0.2, 0) is 6.54 Å². The van der Waals surface area contributed by atoms with Crippen LogP contribution < -0.4 is 15.4 Å². The van der Waals surface area contributed by atoms with Gasteiger partial charge in [0.2, 0.25) is 0 Å². The number of methoxy groups -OCH3 is 1. The first-order chi connectivity index (χ1) is 12.7. The van der Waals surface area contributed by atoms with Crippen molar-refractivity contribution in [1.29, 1.82) is 0 Å². The SMILES string of the molecule is COc1ccccc1CNC(=O)c1cnc(Nc2ccccc2F)cn1. The first-order valence-corrected chi connectivity index (χ1v) is 7.91. The van der Waals surface area contributed by atoms with Crippen LogP contribution in [0.1, 0.15) is 16.1 Å². The van der Waals surface area contributed by atoms with E-state index in [-0.39, 0.29) is 17.3 Å². The smallest absolute Gasteiger partial charge is 0.271 e. The number of nitrogens with one attached hydrogen (secondary N) is 2. The van der Waals surface area contributed by atoms with Crippen molar-refractivity contribution in [2.24, 2.45) is 0 Å². The molecule has 0 saturated heterocycles. The van der Waals surface area contributed by atoms with Crippen molar-refractivity contribution < 1.29 is 13.9 Å². The third kappa shape index (κ3) is 4.13. The Morgan fingerprint density at radius 1 is 1.08 bits per heavy atom. The minimum atomic E-state index is -0.395. The van der Waals surface area contributed by atoms with Gasteiger partial charge >= 0.3 is 0 Å². The minimum absolute atomic E-state index is 0.166. The summed E-state index contributed by atoms with van der Waals surface area (Å²) in [4.78, 5) is 20.4. The predicted molar refractivity (Wildman–Crippen MR) is 95.9 cm³/mol. The summed E-state index contributed by atoms with van der Waals surface area (Å²) >= 11 is 0. The van der Waals surface area contributed by atoms with E-state index in [0.717, 1.165) is 5.56 Å². The van der Waals surface area contributed by atoms with Crippen molar-refractivity contribution in [3.63, 3.8) is 0 Å². The molecule has 132 valence electrons. The van der Waals surface area contributed by atoms with Gasteiger partial charge in [0, 0.05) is 12.1 Å². The second kappa shape index (κ2) is 8.06. The summed E-state index contributed by atoms with van der Waals surface area (Å²) in [6, 6.07) is 13.7. The molecule has 0 aliphatic heterocycles. The second-order valence-electron chi connectivity index (χ2n) is 5.39. The number of rotatable bonds is 6. The molecule has 0 atom stereocenters. The number of hydrogen-bond donors (Lipinski definition) is 2. The zero-order chi connectivity index (χ0) is 18.4. The lowest BCUT2D eigenvalue weighted by Crippen LogP contribution is -2.24. The van der Waals surface area contributed by atoms with Gasteiger partial charge in [-0.05, 0) is 18.2 Å². The molecule has 1 amide bonds. The number of carbonyl (C=O) groups excluding carboxylic acids is 1. The van der Waals surface area contributed by atoms with Crippen LogP contribution in [0, 0.1) is 5.82 Å². The van der Waals surface area contributed by atoms with E-state index in [2.05, 4.69) is 20.6 Å². The van der Waals surface area contributed by atoms with Crippen LogP contribution in [-0.4, -0.2) is 23.0 Å². The number of halogens is 1. The number of amides is 1. The van der Waals surface area contributed by atoms with Crippen molar-refractivity contribution >= 4 is 17.4 Å². The fourth-order valence-electron chi connectivity index (χ4n) is 2.33. The first-order valence-electron chi connectivity index (χ1n) is 7.91. The molecule has 1 aromatic heterocycles. The van der Waals surface area contributed by atoms with Crippen molar-refractivity contribution in [1.82, 2.24) is 15.3 Å². The molecule has 7 heteroatoms. The normalized spacial score (nSPS) is 10.2. The molecule has 0 fully saturated rings. The Morgan fingerprint density at radius 2 is 1.85 bits per heavy atom. The topological polar surface area (TPSA) is 76.1 Å². The molecule has 3 rings (SSSR count). The monoisotopic (exact) mass is 352 g/mol. The molecule has 2 aromatic carbocycles. The van der Waals surface area contributed by atoms with E-state index in [0.29, 0.717) is 18.1 Å². The molecule has 0 radical (unpaired) electrons. The quantitative estimate of drug-likeness (QED) is 0.712. The third-order valence-corrected chi connectivity index (χ3v) is 3.65. The highest BCUT2D eigenvalue weighted by molar-refractivity contribution is 5.92. The van der Waals surface area contributed by atoms with Gasteiger partial charge < -0.3 is 15.4 Å². The van der Waals surface area contributed by atoms with Crippen LogP contribution in [0.15, 0.2) is 60.9 Å². The Bertz CT molecular complexity index is 900. The highest BCUT2D eigenvalue weighted by Gasteiger charge is 2.10. The first kappa shape index (κ1) is 17.3. The molecular weight excluding hydrogens is 335 g/mol. The summed E-state index contributed by atoms with van der Waals surface area (Å²) in [5.74, 6) is 0.286. The predicted octanol–water partition coefficient (Wildman–Crippen LogP) is 3.30. The maximum Gasteiger partial charge on any atom is 0.271 e. The fraction of sp³-hybridized carbons (Fsp3) is 0.105. The minimum Gasteiger partial charge on any atom is -0.496 e. The van der Waals surface area contributed by atoms with Gasteiger partial charge in [-0.3, -0.25) is 4.79 Å². The number of aromatic nitrogens is 2. The van der Waals surface area contributed by atoms with Gasteiger partial charge in [0.15, 0.2) is 0 Å². The van der Waals surface area contributed by atoms with Gasteiger partial charge in [-0.15, -0.1) is 0 Å². The van der Waals surface area contributed by atoms with Gasteiger partial charge in [-0.2, -0.15) is 0 Å². The summed E-state index contributed by atoms with van der Waals surface area (Å²) in [6.07, 6.45) is 2.71. The van der Waals surface area contributed by atoms with E-state index in [9.17, 15) is 9.18 Å². The van der Waals surface area contributed by atoms with Crippen LogP contribution in [0.25, 0.3) is 0 Å². The molecule has 1 heterocycles.